The van der Waals surface area contributed by atoms with Crippen LogP contribution in [0.5, 0.6) is 0 Å². The van der Waals surface area contributed by atoms with Crippen LogP contribution in [0.15, 0.2) is 36.5 Å². The second kappa shape index (κ2) is 6.25. The molecule has 0 bridgehead atoms. The Labute approximate surface area is 135 Å². The predicted molar refractivity (Wildman–Crippen MR) is 86.8 cm³/mol. The van der Waals surface area contributed by atoms with Gasteiger partial charge in [-0.3, -0.25) is 9.48 Å². The molecule has 1 aromatic carbocycles. The van der Waals surface area contributed by atoms with Crippen molar-refractivity contribution in [3.8, 4) is 6.07 Å². The number of hydrogen-bond acceptors (Lipinski definition) is 3. The number of hydrogen-bond donors (Lipinski definition) is 1. The SMILES string of the molecule is Cc1c(C(=O)NC2(C#N)CCCC2)cnn1Cc1ccccc1. The fourth-order valence-corrected chi connectivity index (χ4v) is 3.11. The minimum absolute atomic E-state index is 0.203. The van der Waals surface area contributed by atoms with Gasteiger partial charge in [-0.15, -0.1) is 0 Å². The maximum atomic E-state index is 12.5. The molecular formula is C18H20N4O. The minimum atomic E-state index is -0.703. The summed E-state index contributed by atoms with van der Waals surface area (Å²) in [6.07, 6.45) is 5.02. The third-order valence-corrected chi connectivity index (χ3v) is 4.55. The zero-order valence-corrected chi connectivity index (χ0v) is 13.2. The molecule has 1 aliphatic rings. The van der Waals surface area contributed by atoms with Gasteiger partial charge in [0.15, 0.2) is 0 Å². The molecule has 3 rings (SSSR count). The van der Waals surface area contributed by atoms with E-state index in [1.54, 1.807) is 6.20 Å². The number of carbonyl (C=O) groups is 1. The summed E-state index contributed by atoms with van der Waals surface area (Å²) in [5, 5.41) is 16.6. The average molecular weight is 308 g/mol. The summed E-state index contributed by atoms with van der Waals surface area (Å²) >= 11 is 0. The lowest BCUT2D eigenvalue weighted by atomic mass is 9.99. The van der Waals surface area contributed by atoms with Crippen molar-refractivity contribution in [1.82, 2.24) is 15.1 Å². The molecule has 118 valence electrons. The molecule has 0 unspecified atom stereocenters. The van der Waals surface area contributed by atoms with Gasteiger partial charge < -0.3 is 5.32 Å². The van der Waals surface area contributed by atoms with Crippen LogP contribution in [0.3, 0.4) is 0 Å². The standard InChI is InChI=1S/C18H20N4O/c1-14-16(17(23)21-18(13-19)9-5-6-10-18)11-20-22(14)12-15-7-3-2-4-8-15/h2-4,7-8,11H,5-6,9-10,12H2,1H3,(H,21,23). The van der Waals surface area contributed by atoms with E-state index >= 15 is 0 Å². The van der Waals surface area contributed by atoms with Gasteiger partial charge in [-0.25, -0.2) is 0 Å². The molecule has 1 heterocycles. The van der Waals surface area contributed by atoms with Gasteiger partial charge in [-0.05, 0) is 38.2 Å². The minimum Gasteiger partial charge on any atom is -0.334 e. The van der Waals surface area contributed by atoms with Crippen molar-refractivity contribution in [2.45, 2.75) is 44.7 Å². The second-order valence-corrected chi connectivity index (χ2v) is 6.14. The normalized spacial score (nSPS) is 16.0. The Morgan fingerprint density at radius 1 is 1.35 bits per heavy atom. The first-order valence-electron chi connectivity index (χ1n) is 7.94. The Balaban J connectivity index is 1.76. The molecule has 5 heteroatoms. The van der Waals surface area contributed by atoms with E-state index in [2.05, 4.69) is 16.5 Å². The van der Waals surface area contributed by atoms with Crippen LogP contribution in [0.1, 0.15) is 47.3 Å². The molecule has 0 atom stereocenters. The number of nitriles is 1. The summed E-state index contributed by atoms with van der Waals surface area (Å²) in [6, 6.07) is 12.3. The maximum Gasteiger partial charge on any atom is 0.255 e. The van der Waals surface area contributed by atoms with Crippen LogP contribution < -0.4 is 5.32 Å². The maximum absolute atomic E-state index is 12.5. The largest absolute Gasteiger partial charge is 0.334 e. The molecule has 23 heavy (non-hydrogen) atoms. The van der Waals surface area contributed by atoms with Crippen molar-refractivity contribution < 1.29 is 4.79 Å². The van der Waals surface area contributed by atoms with Crippen molar-refractivity contribution in [2.24, 2.45) is 0 Å². The average Bonchev–Trinajstić information content (AvgIpc) is 3.17. The highest BCUT2D eigenvalue weighted by molar-refractivity contribution is 5.95. The van der Waals surface area contributed by atoms with Crippen LogP contribution in [0.4, 0.5) is 0 Å². The van der Waals surface area contributed by atoms with Gasteiger partial charge in [0.25, 0.3) is 5.91 Å². The zero-order chi connectivity index (χ0) is 16.3. The summed E-state index contributed by atoms with van der Waals surface area (Å²) in [6.45, 7) is 2.52. The van der Waals surface area contributed by atoms with E-state index < -0.39 is 5.54 Å². The van der Waals surface area contributed by atoms with Crippen LogP contribution in [0, 0.1) is 18.3 Å². The van der Waals surface area contributed by atoms with Gasteiger partial charge in [0.05, 0.1) is 24.4 Å². The lowest BCUT2D eigenvalue weighted by Crippen LogP contribution is -2.45. The van der Waals surface area contributed by atoms with Gasteiger partial charge in [0.2, 0.25) is 0 Å². The highest BCUT2D eigenvalue weighted by atomic mass is 16.1. The first-order valence-corrected chi connectivity index (χ1v) is 7.94. The number of rotatable bonds is 4. The number of benzene rings is 1. The molecule has 1 aromatic heterocycles. The summed E-state index contributed by atoms with van der Waals surface area (Å²) in [5.41, 5.74) is 1.79. The lowest BCUT2D eigenvalue weighted by Gasteiger charge is -2.21. The van der Waals surface area contributed by atoms with E-state index in [0.29, 0.717) is 12.1 Å². The van der Waals surface area contributed by atoms with Crippen LogP contribution in [0.2, 0.25) is 0 Å². The first kappa shape index (κ1) is 15.3. The number of aromatic nitrogens is 2. The third-order valence-electron chi connectivity index (χ3n) is 4.55. The fourth-order valence-electron chi connectivity index (χ4n) is 3.11. The topological polar surface area (TPSA) is 70.7 Å². The van der Waals surface area contributed by atoms with Gasteiger partial charge in [-0.1, -0.05) is 30.3 Å². The molecule has 1 saturated carbocycles. The number of nitrogens with zero attached hydrogens (tertiary/aromatic N) is 3. The summed E-state index contributed by atoms with van der Waals surface area (Å²) in [4.78, 5) is 12.5. The van der Waals surface area contributed by atoms with Crippen molar-refractivity contribution >= 4 is 5.91 Å². The monoisotopic (exact) mass is 308 g/mol. The number of carbonyl (C=O) groups excluding carboxylic acids is 1. The van der Waals surface area contributed by atoms with E-state index in [1.807, 2.05) is 41.9 Å². The van der Waals surface area contributed by atoms with Crippen LogP contribution in [-0.4, -0.2) is 21.2 Å². The molecule has 1 fully saturated rings. The Morgan fingerprint density at radius 3 is 2.70 bits per heavy atom. The fraction of sp³-hybridized carbons (Fsp3) is 0.389. The summed E-state index contributed by atoms with van der Waals surface area (Å²) in [7, 11) is 0. The molecule has 1 amide bonds. The van der Waals surface area contributed by atoms with Gasteiger partial charge in [0.1, 0.15) is 5.54 Å². The first-order chi connectivity index (χ1) is 11.1. The van der Waals surface area contributed by atoms with Crippen molar-refractivity contribution in [1.29, 1.82) is 5.26 Å². The Morgan fingerprint density at radius 2 is 2.04 bits per heavy atom. The van der Waals surface area contributed by atoms with Crippen molar-refractivity contribution in [3.05, 3.63) is 53.3 Å². The van der Waals surface area contributed by atoms with Crippen molar-refractivity contribution in [3.63, 3.8) is 0 Å². The molecule has 2 aromatic rings. The molecule has 0 spiro atoms. The highest BCUT2D eigenvalue weighted by Crippen LogP contribution is 2.29. The molecule has 0 aliphatic heterocycles. The summed E-state index contributed by atoms with van der Waals surface area (Å²) < 4.78 is 1.82. The highest BCUT2D eigenvalue weighted by Gasteiger charge is 2.36. The lowest BCUT2D eigenvalue weighted by molar-refractivity contribution is 0.0920. The van der Waals surface area contributed by atoms with E-state index in [0.717, 1.165) is 36.9 Å². The Hall–Kier alpha value is -2.61. The molecule has 0 radical (unpaired) electrons. The molecule has 5 nitrogen and oxygen atoms in total. The van der Waals surface area contributed by atoms with Crippen molar-refractivity contribution in [2.75, 3.05) is 0 Å². The second-order valence-electron chi connectivity index (χ2n) is 6.14. The van der Waals surface area contributed by atoms with Crippen LogP contribution in [0.25, 0.3) is 0 Å². The van der Waals surface area contributed by atoms with Gasteiger partial charge in [-0.2, -0.15) is 10.4 Å². The zero-order valence-electron chi connectivity index (χ0n) is 13.2. The van der Waals surface area contributed by atoms with E-state index in [1.165, 1.54) is 0 Å². The van der Waals surface area contributed by atoms with E-state index in [4.69, 9.17) is 0 Å². The molecular weight excluding hydrogens is 288 g/mol. The van der Waals surface area contributed by atoms with E-state index in [9.17, 15) is 10.1 Å². The van der Waals surface area contributed by atoms with Gasteiger partial charge >= 0.3 is 0 Å². The Bertz CT molecular complexity index is 736. The molecule has 0 saturated heterocycles. The van der Waals surface area contributed by atoms with Crippen LogP contribution in [-0.2, 0) is 6.54 Å². The number of nitrogens with one attached hydrogen (secondary N) is 1. The molecule has 1 aliphatic carbocycles. The number of amides is 1. The van der Waals surface area contributed by atoms with Gasteiger partial charge in [0, 0.05) is 5.69 Å². The summed E-state index contributed by atoms with van der Waals surface area (Å²) in [5.74, 6) is -0.203. The Kier molecular flexibility index (Phi) is 4.16. The smallest absolute Gasteiger partial charge is 0.255 e. The van der Waals surface area contributed by atoms with Crippen LogP contribution >= 0.6 is 0 Å². The third kappa shape index (κ3) is 3.11. The molecule has 1 N–H and O–H groups in total. The predicted octanol–water partition coefficient (Wildman–Crippen LogP) is 2.81. The van der Waals surface area contributed by atoms with E-state index in [-0.39, 0.29) is 5.91 Å². The quantitative estimate of drug-likeness (QED) is 0.944.